The summed E-state index contributed by atoms with van der Waals surface area (Å²) in [7, 11) is -3.63. The van der Waals surface area contributed by atoms with Gasteiger partial charge >= 0.3 is 5.97 Å². The Morgan fingerprint density at radius 3 is 2.31 bits per heavy atom. The molecule has 0 saturated carbocycles. The fourth-order valence-corrected chi connectivity index (χ4v) is 5.01. The summed E-state index contributed by atoms with van der Waals surface area (Å²) in [6, 6.07) is 16.0. The predicted octanol–water partition coefficient (Wildman–Crippen LogP) is 4.23. The number of hydrogen-bond donors (Lipinski definition) is 0. The van der Waals surface area contributed by atoms with Crippen molar-refractivity contribution in [2.75, 3.05) is 6.61 Å². The van der Waals surface area contributed by atoms with Gasteiger partial charge in [0.15, 0.2) is 20.8 Å². The summed E-state index contributed by atoms with van der Waals surface area (Å²) in [6.45, 7) is 7.92. The van der Waals surface area contributed by atoms with E-state index in [1.165, 1.54) is 11.8 Å². The number of sulfone groups is 1. The zero-order valence-electron chi connectivity index (χ0n) is 18.6. The van der Waals surface area contributed by atoms with E-state index in [0.29, 0.717) is 11.8 Å². The molecule has 9 heteroatoms. The number of nitrogens with zero attached hydrogens (tertiary/aromatic N) is 3. The van der Waals surface area contributed by atoms with Crippen LogP contribution in [0.5, 0.6) is 0 Å². The summed E-state index contributed by atoms with van der Waals surface area (Å²) in [5, 5.41) is 8.28. The molecule has 3 aromatic rings. The fourth-order valence-electron chi connectivity index (χ4n) is 2.88. The first kappa shape index (κ1) is 24.0. The molecule has 0 bridgehead atoms. The van der Waals surface area contributed by atoms with Crippen LogP contribution < -0.4 is 0 Å². The highest BCUT2D eigenvalue weighted by Crippen LogP contribution is 2.28. The molecule has 0 N–H and O–H groups in total. The number of hydrogen-bond acceptors (Lipinski definition) is 7. The zero-order valence-corrected chi connectivity index (χ0v) is 20.2. The van der Waals surface area contributed by atoms with Crippen molar-refractivity contribution >= 4 is 27.6 Å². The lowest BCUT2D eigenvalue weighted by atomic mass is 10.2. The second kappa shape index (κ2) is 10.3. The highest BCUT2D eigenvalue weighted by Gasteiger charge is 2.25. The van der Waals surface area contributed by atoms with Crippen LogP contribution >= 0.6 is 11.8 Å². The molecular formula is C23H27N3O4S2. The molecule has 0 amide bonds. The van der Waals surface area contributed by atoms with Crippen LogP contribution in [0.2, 0.25) is 0 Å². The first-order chi connectivity index (χ1) is 15.2. The number of para-hydroxylation sites is 1. The third-order valence-electron chi connectivity index (χ3n) is 4.59. The van der Waals surface area contributed by atoms with Crippen molar-refractivity contribution < 1.29 is 17.9 Å². The van der Waals surface area contributed by atoms with Gasteiger partial charge in [0.2, 0.25) is 0 Å². The molecule has 0 fully saturated rings. The second-order valence-corrected chi connectivity index (χ2v) is 11.2. The van der Waals surface area contributed by atoms with Crippen LogP contribution in [0.3, 0.4) is 0 Å². The zero-order chi connectivity index (χ0) is 23.3. The number of rotatable bonds is 9. The lowest BCUT2D eigenvalue weighted by Crippen LogP contribution is -2.20. The predicted molar refractivity (Wildman–Crippen MR) is 125 cm³/mol. The molecule has 0 spiro atoms. The number of benzene rings is 2. The summed E-state index contributed by atoms with van der Waals surface area (Å²) in [5.41, 5.74) is 1.70. The van der Waals surface area contributed by atoms with E-state index in [0.717, 1.165) is 11.3 Å². The van der Waals surface area contributed by atoms with Gasteiger partial charge < -0.3 is 4.74 Å². The molecule has 7 nitrogen and oxygen atoms in total. The molecule has 0 saturated heterocycles. The van der Waals surface area contributed by atoms with Gasteiger partial charge in [0.1, 0.15) is 11.0 Å². The van der Waals surface area contributed by atoms with E-state index in [1.807, 2.05) is 51.1 Å². The average Bonchev–Trinajstić information content (AvgIpc) is 3.14. The van der Waals surface area contributed by atoms with Gasteiger partial charge in [-0.25, -0.2) is 8.42 Å². The molecule has 3 rings (SSSR count). The molecule has 170 valence electrons. The Labute approximate surface area is 193 Å². The molecule has 1 unspecified atom stereocenters. The molecule has 0 aliphatic heterocycles. The van der Waals surface area contributed by atoms with Crippen LogP contribution in [0, 0.1) is 12.8 Å². The molecule has 0 radical (unpaired) electrons. The Morgan fingerprint density at radius 2 is 1.69 bits per heavy atom. The van der Waals surface area contributed by atoms with E-state index in [-0.39, 0.29) is 28.4 Å². The van der Waals surface area contributed by atoms with E-state index in [9.17, 15) is 13.2 Å². The quantitative estimate of drug-likeness (QED) is 0.339. The maximum absolute atomic E-state index is 13.0. The number of thioether (sulfide) groups is 1. The SMILES string of the molecule is Cc1ccc(S(=O)(=O)Cc2nnc(SC(C)C(=O)OCC(C)C)n2-c2ccccc2)cc1. The van der Waals surface area contributed by atoms with Crippen molar-refractivity contribution in [3.8, 4) is 5.69 Å². The van der Waals surface area contributed by atoms with Crippen LogP contribution in [-0.2, 0) is 25.1 Å². The minimum absolute atomic E-state index is 0.227. The molecule has 1 aromatic heterocycles. The largest absolute Gasteiger partial charge is 0.465 e. The van der Waals surface area contributed by atoms with Gasteiger partial charge in [0.05, 0.1) is 11.5 Å². The highest BCUT2D eigenvalue weighted by atomic mass is 32.2. The summed E-state index contributed by atoms with van der Waals surface area (Å²) in [6.07, 6.45) is 0. The Bertz CT molecular complexity index is 1160. The number of aromatic nitrogens is 3. The molecule has 0 aliphatic rings. The Kier molecular flexibility index (Phi) is 7.73. The van der Waals surface area contributed by atoms with Crippen molar-refractivity contribution in [2.24, 2.45) is 5.92 Å². The number of carbonyl (C=O) groups is 1. The molecule has 1 heterocycles. The lowest BCUT2D eigenvalue weighted by Gasteiger charge is -2.14. The van der Waals surface area contributed by atoms with E-state index in [2.05, 4.69) is 10.2 Å². The van der Waals surface area contributed by atoms with Crippen molar-refractivity contribution in [1.82, 2.24) is 14.8 Å². The van der Waals surface area contributed by atoms with Crippen LogP contribution in [0.25, 0.3) is 5.69 Å². The van der Waals surface area contributed by atoms with Gasteiger partial charge in [-0.1, -0.05) is 61.5 Å². The topological polar surface area (TPSA) is 91.2 Å². The van der Waals surface area contributed by atoms with Crippen LogP contribution in [0.4, 0.5) is 0 Å². The summed E-state index contributed by atoms with van der Waals surface area (Å²) >= 11 is 1.19. The number of ether oxygens (including phenoxy) is 1. The monoisotopic (exact) mass is 473 g/mol. The van der Waals surface area contributed by atoms with E-state index < -0.39 is 15.1 Å². The average molecular weight is 474 g/mol. The standard InChI is InChI=1S/C23H27N3O4S2/c1-16(2)14-30-22(27)18(4)31-23-25-24-21(26(23)19-8-6-5-7-9-19)15-32(28,29)20-12-10-17(3)11-13-20/h5-13,16,18H,14-15H2,1-4H3. The van der Waals surface area contributed by atoms with Gasteiger partial charge in [0.25, 0.3) is 0 Å². The first-order valence-electron chi connectivity index (χ1n) is 10.3. The lowest BCUT2D eigenvalue weighted by molar-refractivity contribution is -0.143. The number of esters is 1. The van der Waals surface area contributed by atoms with Crippen LogP contribution in [0.1, 0.15) is 32.2 Å². The van der Waals surface area contributed by atoms with E-state index >= 15 is 0 Å². The van der Waals surface area contributed by atoms with Crippen molar-refractivity contribution in [3.05, 3.63) is 66.0 Å². The van der Waals surface area contributed by atoms with Gasteiger partial charge in [-0.3, -0.25) is 9.36 Å². The summed E-state index contributed by atoms with van der Waals surface area (Å²) < 4.78 is 33.1. The summed E-state index contributed by atoms with van der Waals surface area (Å²) in [4.78, 5) is 12.6. The van der Waals surface area contributed by atoms with Crippen molar-refractivity contribution in [1.29, 1.82) is 0 Å². The first-order valence-corrected chi connectivity index (χ1v) is 12.8. The second-order valence-electron chi connectivity index (χ2n) is 7.93. The Hall–Kier alpha value is -2.65. The Balaban J connectivity index is 1.91. The van der Waals surface area contributed by atoms with Gasteiger partial charge in [0, 0.05) is 5.69 Å². The minimum atomic E-state index is -3.63. The highest BCUT2D eigenvalue weighted by molar-refractivity contribution is 8.00. The third kappa shape index (κ3) is 5.98. The minimum Gasteiger partial charge on any atom is -0.465 e. The van der Waals surface area contributed by atoms with Gasteiger partial charge in [-0.2, -0.15) is 0 Å². The smallest absolute Gasteiger partial charge is 0.319 e. The fraction of sp³-hybridized carbons (Fsp3) is 0.348. The van der Waals surface area contributed by atoms with Crippen molar-refractivity contribution in [2.45, 2.75) is 48.7 Å². The summed E-state index contributed by atoms with van der Waals surface area (Å²) in [5.74, 6) is -0.144. The molecular weight excluding hydrogens is 446 g/mol. The number of aryl methyl sites for hydroxylation is 1. The van der Waals surface area contributed by atoms with E-state index in [1.54, 1.807) is 35.8 Å². The van der Waals surface area contributed by atoms with E-state index in [4.69, 9.17) is 4.74 Å². The maximum Gasteiger partial charge on any atom is 0.319 e. The van der Waals surface area contributed by atoms with Crippen molar-refractivity contribution in [3.63, 3.8) is 0 Å². The van der Waals surface area contributed by atoms with Gasteiger partial charge in [-0.15, -0.1) is 10.2 Å². The molecule has 32 heavy (non-hydrogen) atoms. The molecule has 2 aromatic carbocycles. The number of carbonyl (C=O) groups excluding carboxylic acids is 1. The van der Waals surface area contributed by atoms with Crippen LogP contribution in [0.15, 0.2) is 64.6 Å². The Morgan fingerprint density at radius 1 is 1.03 bits per heavy atom. The molecule has 0 aliphatic carbocycles. The van der Waals surface area contributed by atoms with Gasteiger partial charge in [-0.05, 0) is 44.0 Å². The third-order valence-corrected chi connectivity index (χ3v) is 7.24. The van der Waals surface area contributed by atoms with Crippen LogP contribution in [-0.4, -0.2) is 41.0 Å². The molecule has 1 atom stereocenters. The maximum atomic E-state index is 13.0. The normalized spacial score (nSPS) is 12.7.